The summed E-state index contributed by atoms with van der Waals surface area (Å²) in [5.41, 5.74) is 0.163. The first-order chi connectivity index (χ1) is 11.6. The Labute approximate surface area is 144 Å². The van der Waals surface area contributed by atoms with Crippen LogP contribution in [0.3, 0.4) is 0 Å². The van der Waals surface area contributed by atoms with E-state index in [4.69, 9.17) is 9.29 Å². The summed E-state index contributed by atoms with van der Waals surface area (Å²) in [7, 11) is -4.32. The Hall–Kier alpha value is -2.51. The third kappa shape index (κ3) is 3.20. The van der Waals surface area contributed by atoms with E-state index in [1.165, 1.54) is 48.5 Å². The van der Waals surface area contributed by atoms with E-state index in [1.54, 1.807) is 13.8 Å². The fraction of sp³-hybridized carbons (Fsp3) is 0.167. The third-order valence-electron chi connectivity index (χ3n) is 3.91. The molecule has 0 aliphatic carbocycles. The van der Waals surface area contributed by atoms with Crippen LogP contribution in [0, 0.1) is 5.82 Å². The van der Waals surface area contributed by atoms with Crippen LogP contribution in [-0.4, -0.2) is 24.4 Å². The number of hydrogen-bond donors (Lipinski definition) is 1. The monoisotopic (exact) mass is 362 g/mol. The van der Waals surface area contributed by atoms with Gasteiger partial charge in [-0.1, -0.05) is 12.1 Å². The van der Waals surface area contributed by atoms with Gasteiger partial charge in [0.1, 0.15) is 11.6 Å². The Kier molecular flexibility index (Phi) is 4.01. The molecule has 1 aliphatic heterocycles. The zero-order valence-electron chi connectivity index (χ0n) is 13.5. The van der Waals surface area contributed by atoms with Crippen LogP contribution in [0.5, 0.6) is 0 Å². The number of ketones is 1. The average molecular weight is 362 g/mol. The normalized spacial score (nSPS) is 16.9. The Morgan fingerprint density at radius 1 is 0.960 bits per heavy atom. The van der Waals surface area contributed by atoms with Crippen molar-refractivity contribution < 1.29 is 26.9 Å². The fourth-order valence-electron chi connectivity index (χ4n) is 2.62. The Balaban J connectivity index is 2.15. The quantitative estimate of drug-likeness (QED) is 0.847. The lowest BCUT2D eigenvalue weighted by atomic mass is 9.93. The van der Waals surface area contributed by atoms with Crippen molar-refractivity contribution in [2.24, 2.45) is 0 Å². The molecular formula is C18H15FO5S. The zero-order valence-corrected chi connectivity index (χ0v) is 14.3. The average Bonchev–Trinajstić information content (AvgIpc) is 2.78. The van der Waals surface area contributed by atoms with E-state index in [9.17, 15) is 17.6 Å². The molecule has 0 saturated carbocycles. The molecular weight excluding hydrogens is 347 g/mol. The van der Waals surface area contributed by atoms with E-state index < -0.39 is 21.5 Å². The Morgan fingerprint density at radius 3 is 2.00 bits per heavy atom. The van der Waals surface area contributed by atoms with Gasteiger partial charge in [-0.3, -0.25) is 9.35 Å². The van der Waals surface area contributed by atoms with Crippen LogP contribution in [0.2, 0.25) is 0 Å². The van der Waals surface area contributed by atoms with E-state index >= 15 is 0 Å². The second kappa shape index (κ2) is 5.79. The molecule has 0 spiro atoms. The van der Waals surface area contributed by atoms with Crippen molar-refractivity contribution in [1.82, 2.24) is 0 Å². The van der Waals surface area contributed by atoms with Crippen LogP contribution in [-0.2, 0) is 19.6 Å². The summed E-state index contributed by atoms with van der Waals surface area (Å²) in [4.78, 5) is 12.5. The van der Waals surface area contributed by atoms with E-state index in [-0.39, 0.29) is 16.3 Å². The summed E-state index contributed by atoms with van der Waals surface area (Å²) in [5.74, 6) is -0.381. The van der Waals surface area contributed by atoms with Gasteiger partial charge in [-0.15, -0.1) is 0 Å². The Morgan fingerprint density at radius 2 is 1.48 bits per heavy atom. The number of benzene rings is 2. The minimum Gasteiger partial charge on any atom is -0.478 e. The number of carbonyl (C=O) groups is 1. The molecule has 0 fully saturated rings. The predicted molar refractivity (Wildman–Crippen MR) is 89.6 cm³/mol. The molecule has 130 valence electrons. The van der Waals surface area contributed by atoms with Crippen molar-refractivity contribution >= 4 is 27.2 Å². The highest BCUT2D eigenvalue weighted by Crippen LogP contribution is 2.41. The lowest BCUT2D eigenvalue weighted by Gasteiger charge is -2.17. The molecule has 0 aromatic heterocycles. The van der Waals surface area contributed by atoms with Crippen molar-refractivity contribution in [2.75, 3.05) is 0 Å². The van der Waals surface area contributed by atoms with Crippen LogP contribution in [0.1, 0.15) is 25.0 Å². The summed E-state index contributed by atoms with van der Waals surface area (Å²) in [6, 6.07) is 10.8. The van der Waals surface area contributed by atoms with Gasteiger partial charge in [0.2, 0.25) is 5.78 Å². The SMILES string of the molecule is CC1(C)OC(c2ccc(F)cc2)=C(c2ccc(S(=O)(=O)O)cc2)C1=O. The lowest BCUT2D eigenvalue weighted by Crippen LogP contribution is -2.29. The first-order valence-corrected chi connectivity index (χ1v) is 8.85. The van der Waals surface area contributed by atoms with Crippen molar-refractivity contribution in [2.45, 2.75) is 24.3 Å². The van der Waals surface area contributed by atoms with Crippen LogP contribution in [0.4, 0.5) is 4.39 Å². The highest BCUT2D eigenvalue weighted by atomic mass is 32.2. The van der Waals surface area contributed by atoms with Crippen molar-refractivity contribution in [3.63, 3.8) is 0 Å². The summed E-state index contributed by atoms with van der Waals surface area (Å²) in [6.07, 6.45) is 0. The molecule has 2 aromatic carbocycles. The number of carbonyl (C=O) groups excluding carboxylic acids is 1. The number of rotatable bonds is 3. The molecule has 2 aromatic rings. The van der Waals surface area contributed by atoms with E-state index in [0.29, 0.717) is 16.9 Å². The van der Waals surface area contributed by atoms with Gasteiger partial charge in [-0.2, -0.15) is 8.42 Å². The zero-order chi connectivity index (χ0) is 18.4. The smallest absolute Gasteiger partial charge is 0.294 e. The highest BCUT2D eigenvalue weighted by molar-refractivity contribution is 7.85. The third-order valence-corrected chi connectivity index (χ3v) is 4.77. The molecule has 0 atom stereocenters. The molecule has 25 heavy (non-hydrogen) atoms. The van der Waals surface area contributed by atoms with Gasteiger partial charge < -0.3 is 4.74 Å². The molecule has 5 nitrogen and oxygen atoms in total. The fourth-order valence-corrected chi connectivity index (χ4v) is 3.10. The number of halogens is 1. The van der Waals surface area contributed by atoms with E-state index in [2.05, 4.69) is 0 Å². The van der Waals surface area contributed by atoms with Gasteiger partial charge in [0, 0.05) is 5.56 Å². The number of ether oxygens (including phenoxy) is 1. The van der Waals surface area contributed by atoms with Crippen LogP contribution in [0.25, 0.3) is 11.3 Å². The second-order valence-corrected chi connectivity index (χ2v) is 7.57. The molecule has 0 unspecified atom stereocenters. The number of hydrogen-bond acceptors (Lipinski definition) is 4. The molecule has 1 heterocycles. The van der Waals surface area contributed by atoms with E-state index in [1.807, 2.05) is 0 Å². The van der Waals surface area contributed by atoms with Crippen molar-refractivity contribution in [3.8, 4) is 0 Å². The number of Topliss-reactive ketones (excluding diaryl/α,β-unsaturated/α-hetero) is 1. The minimum atomic E-state index is -4.32. The van der Waals surface area contributed by atoms with Gasteiger partial charge >= 0.3 is 0 Å². The lowest BCUT2D eigenvalue weighted by molar-refractivity contribution is -0.125. The van der Waals surface area contributed by atoms with Gasteiger partial charge in [0.25, 0.3) is 10.1 Å². The van der Waals surface area contributed by atoms with Crippen molar-refractivity contribution in [1.29, 1.82) is 0 Å². The topological polar surface area (TPSA) is 80.7 Å². The molecule has 0 amide bonds. The first kappa shape index (κ1) is 17.3. The summed E-state index contributed by atoms with van der Waals surface area (Å²) in [6.45, 7) is 3.25. The van der Waals surface area contributed by atoms with Crippen LogP contribution >= 0.6 is 0 Å². The van der Waals surface area contributed by atoms with Gasteiger partial charge in [0.05, 0.1) is 10.5 Å². The summed E-state index contributed by atoms with van der Waals surface area (Å²) in [5, 5.41) is 0. The van der Waals surface area contributed by atoms with Gasteiger partial charge in [-0.05, 0) is 55.8 Å². The van der Waals surface area contributed by atoms with Gasteiger partial charge in [0.15, 0.2) is 5.60 Å². The molecule has 1 N–H and O–H groups in total. The standard InChI is InChI=1S/C18H15FO5S/c1-18(2)17(20)15(11-5-9-14(10-6-11)25(21,22)23)16(24-18)12-3-7-13(19)8-4-12/h3-10H,1-2H3,(H,21,22,23). The van der Waals surface area contributed by atoms with Crippen LogP contribution in [0.15, 0.2) is 53.4 Å². The van der Waals surface area contributed by atoms with Gasteiger partial charge in [-0.25, -0.2) is 4.39 Å². The molecule has 0 radical (unpaired) electrons. The maximum absolute atomic E-state index is 13.2. The second-order valence-electron chi connectivity index (χ2n) is 6.15. The minimum absolute atomic E-state index is 0.272. The largest absolute Gasteiger partial charge is 0.478 e. The molecule has 7 heteroatoms. The molecule has 0 bridgehead atoms. The maximum atomic E-state index is 13.2. The predicted octanol–water partition coefficient (Wildman–Crippen LogP) is 3.32. The summed E-state index contributed by atoms with van der Waals surface area (Å²) < 4.78 is 50.4. The Bertz CT molecular complexity index is 971. The summed E-state index contributed by atoms with van der Waals surface area (Å²) >= 11 is 0. The molecule has 3 rings (SSSR count). The van der Waals surface area contributed by atoms with E-state index in [0.717, 1.165) is 0 Å². The maximum Gasteiger partial charge on any atom is 0.294 e. The van der Waals surface area contributed by atoms with Crippen molar-refractivity contribution in [3.05, 3.63) is 65.5 Å². The highest BCUT2D eigenvalue weighted by Gasteiger charge is 2.42. The molecule has 0 saturated heterocycles. The first-order valence-electron chi connectivity index (χ1n) is 7.41. The van der Waals surface area contributed by atoms with Crippen LogP contribution < -0.4 is 0 Å². The molecule has 1 aliphatic rings.